The highest BCUT2D eigenvalue weighted by Crippen LogP contribution is 2.37. The van der Waals surface area contributed by atoms with Gasteiger partial charge < -0.3 is 0 Å². The van der Waals surface area contributed by atoms with Gasteiger partial charge in [-0.2, -0.15) is 0 Å². The molecule has 0 aliphatic heterocycles. The molecule has 1 aromatic rings. The number of rotatable bonds is 4. The van der Waals surface area contributed by atoms with Crippen molar-refractivity contribution < 1.29 is 4.79 Å². The van der Waals surface area contributed by atoms with Gasteiger partial charge in [-0.25, -0.2) is 0 Å². The van der Waals surface area contributed by atoms with Gasteiger partial charge in [-0.3, -0.25) is 4.79 Å². The van der Waals surface area contributed by atoms with Crippen LogP contribution in [0.15, 0.2) is 29.2 Å². The Balaban J connectivity index is 2.10. The normalized spacial score (nSPS) is 23.9. The molecule has 2 rings (SSSR count). The van der Waals surface area contributed by atoms with Gasteiger partial charge in [-0.15, -0.1) is 11.8 Å². The van der Waals surface area contributed by atoms with E-state index in [1.54, 1.807) is 0 Å². The largest absolute Gasteiger partial charge is 0.294 e. The molecule has 1 saturated carbocycles. The summed E-state index contributed by atoms with van der Waals surface area (Å²) >= 11 is 1.92. The van der Waals surface area contributed by atoms with Crippen molar-refractivity contribution in [3.8, 4) is 0 Å². The Morgan fingerprint density at radius 1 is 1.33 bits per heavy atom. The van der Waals surface area contributed by atoms with Crippen molar-refractivity contribution in [1.29, 1.82) is 0 Å². The van der Waals surface area contributed by atoms with Crippen molar-refractivity contribution in [3.63, 3.8) is 0 Å². The van der Waals surface area contributed by atoms with E-state index in [2.05, 4.69) is 13.0 Å². The van der Waals surface area contributed by atoms with E-state index in [4.69, 9.17) is 0 Å². The van der Waals surface area contributed by atoms with Crippen LogP contribution in [0.1, 0.15) is 56.3 Å². The minimum atomic E-state index is 0.266. The molecule has 1 aromatic carbocycles. The second kappa shape index (κ2) is 6.42. The smallest absolute Gasteiger partial charge is 0.163 e. The lowest BCUT2D eigenvalue weighted by atomic mass is 9.91. The summed E-state index contributed by atoms with van der Waals surface area (Å²) in [6, 6.07) is 8.09. The monoisotopic (exact) mass is 262 g/mol. The zero-order valence-corrected chi connectivity index (χ0v) is 12.1. The van der Waals surface area contributed by atoms with Gasteiger partial charge in [0, 0.05) is 22.1 Å². The van der Waals surface area contributed by atoms with E-state index in [0.717, 1.165) is 11.5 Å². The van der Waals surface area contributed by atoms with E-state index in [-0.39, 0.29) is 5.78 Å². The molecular formula is C16H22OS. The van der Waals surface area contributed by atoms with Crippen molar-refractivity contribution in [3.05, 3.63) is 29.8 Å². The highest BCUT2D eigenvalue weighted by atomic mass is 32.2. The van der Waals surface area contributed by atoms with E-state index in [1.807, 2.05) is 36.9 Å². The van der Waals surface area contributed by atoms with Gasteiger partial charge >= 0.3 is 0 Å². The maximum atomic E-state index is 11.9. The molecule has 98 valence electrons. The third-order valence-corrected chi connectivity index (χ3v) is 5.06. The number of carbonyl (C=O) groups excluding carboxylic acids is 1. The van der Waals surface area contributed by atoms with Gasteiger partial charge in [0.1, 0.15) is 0 Å². The Morgan fingerprint density at radius 3 is 2.83 bits per heavy atom. The predicted octanol–water partition coefficient (Wildman–Crippen LogP) is 4.95. The first-order chi connectivity index (χ1) is 8.70. The minimum absolute atomic E-state index is 0.266. The summed E-state index contributed by atoms with van der Waals surface area (Å²) in [5.41, 5.74) is 0.920. The molecule has 0 saturated heterocycles. The van der Waals surface area contributed by atoms with Crippen LogP contribution in [0, 0.1) is 5.92 Å². The number of benzene rings is 1. The fraction of sp³-hybridized carbons (Fsp3) is 0.562. The quantitative estimate of drug-likeness (QED) is 0.714. The second-order valence-electron chi connectivity index (χ2n) is 5.28. The molecule has 0 spiro atoms. The molecular weight excluding hydrogens is 240 g/mol. The summed E-state index contributed by atoms with van der Waals surface area (Å²) in [5, 5.41) is 0.694. The fourth-order valence-corrected chi connectivity index (χ4v) is 4.19. The Bertz CT molecular complexity index is 413. The maximum absolute atomic E-state index is 11.9. The first-order valence-corrected chi connectivity index (χ1v) is 7.87. The average molecular weight is 262 g/mol. The van der Waals surface area contributed by atoms with Crippen molar-refractivity contribution in [1.82, 2.24) is 0 Å². The Hall–Kier alpha value is -0.760. The van der Waals surface area contributed by atoms with Crippen molar-refractivity contribution >= 4 is 17.5 Å². The zero-order chi connectivity index (χ0) is 13.0. The summed E-state index contributed by atoms with van der Waals surface area (Å²) in [6.07, 6.45) is 5.89. The molecule has 0 aromatic heterocycles. The van der Waals surface area contributed by atoms with E-state index >= 15 is 0 Å². The maximum Gasteiger partial charge on any atom is 0.163 e. The van der Waals surface area contributed by atoms with E-state index in [1.165, 1.54) is 30.6 Å². The summed E-state index contributed by atoms with van der Waals surface area (Å²) in [5.74, 6) is 1.10. The predicted molar refractivity (Wildman–Crippen MR) is 78.3 cm³/mol. The Labute approximate surface area is 114 Å². The molecule has 0 heterocycles. The molecule has 1 nitrogen and oxygen atoms in total. The lowest BCUT2D eigenvalue weighted by Crippen LogP contribution is -2.15. The number of hydrogen-bond acceptors (Lipinski definition) is 2. The molecule has 1 aliphatic rings. The van der Waals surface area contributed by atoms with Crippen LogP contribution in [0.5, 0.6) is 0 Å². The van der Waals surface area contributed by atoms with E-state index in [0.29, 0.717) is 11.7 Å². The van der Waals surface area contributed by atoms with Crippen LogP contribution in [-0.2, 0) is 0 Å². The Morgan fingerprint density at radius 2 is 2.11 bits per heavy atom. The van der Waals surface area contributed by atoms with Crippen LogP contribution in [0.25, 0.3) is 0 Å². The lowest BCUT2D eigenvalue weighted by Gasteiger charge is -2.26. The molecule has 2 unspecified atom stereocenters. The second-order valence-corrected chi connectivity index (χ2v) is 6.63. The number of carbonyl (C=O) groups is 1. The zero-order valence-electron chi connectivity index (χ0n) is 11.3. The fourth-order valence-electron chi connectivity index (χ4n) is 2.66. The first kappa shape index (κ1) is 13.7. The van der Waals surface area contributed by atoms with Crippen LogP contribution in [-0.4, -0.2) is 11.0 Å². The number of thioether (sulfide) groups is 1. The van der Waals surface area contributed by atoms with Crippen molar-refractivity contribution in [2.24, 2.45) is 5.92 Å². The van der Waals surface area contributed by atoms with Crippen LogP contribution in [0.3, 0.4) is 0 Å². The van der Waals surface area contributed by atoms with Gasteiger partial charge in [0.2, 0.25) is 0 Å². The molecule has 1 aliphatic carbocycles. The number of ketones is 1. The molecule has 0 amide bonds. The third-order valence-electron chi connectivity index (χ3n) is 3.69. The standard InChI is InChI=1S/C16H22OS/c1-3-15(17)14-9-4-5-10-16(14)18-13-8-6-7-12(2)11-13/h4-5,9-10,12-13H,3,6-8,11H2,1-2H3. The summed E-state index contributed by atoms with van der Waals surface area (Å²) in [4.78, 5) is 13.1. The number of Topliss-reactive ketones (excluding diaryl/α,β-unsaturated/α-hetero) is 1. The molecule has 2 atom stereocenters. The van der Waals surface area contributed by atoms with E-state index in [9.17, 15) is 4.79 Å². The summed E-state index contributed by atoms with van der Waals surface area (Å²) in [7, 11) is 0. The molecule has 1 fully saturated rings. The van der Waals surface area contributed by atoms with Crippen LogP contribution in [0.2, 0.25) is 0 Å². The summed E-state index contributed by atoms with van der Waals surface area (Å²) < 4.78 is 0. The SMILES string of the molecule is CCC(=O)c1ccccc1SC1CCCC(C)C1. The minimum Gasteiger partial charge on any atom is -0.294 e. The lowest BCUT2D eigenvalue weighted by molar-refractivity contribution is 0.0985. The van der Waals surface area contributed by atoms with Crippen LogP contribution < -0.4 is 0 Å². The van der Waals surface area contributed by atoms with Crippen LogP contribution >= 0.6 is 11.8 Å². The molecule has 2 heteroatoms. The molecule has 0 bridgehead atoms. The Kier molecular flexibility index (Phi) is 4.87. The number of hydrogen-bond donors (Lipinski definition) is 0. The van der Waals surface area contributed by atoms with Gasteiger partial charge in [0.15, 0.2) is 5.78 Å². The topological polar surface area (TPSA) is 17.1 Å². The van der Waals surface area contributed by atoms with E-state index < -0.39 is 0 Å². The van der Waals surface area contributed by atoms with Crippen molar-refractivity contribution in [2.45, 2.75) is 56.1 Å². The summed E-state index contributed by atoms with van der Waals surface area (Å²) in [6.45, 7) is 4.28. The average Bonchev–Trinajstić information content (AvgIpc) is 2.38. The third kappa shape index (κ3) is 3.38. The molecule has 0 radical (unpaired) electrons. The molecule has 18 heavy (non-hydrogen) atoms. The van der Waals surface area contributed by atoms with Gasteiger partial charge in [-0.05, 0) is 24.8 Å². The first-order valence-electron chi connectivity index (χ1n) is 6.99. The van der Waals surface area contributed by atoms with Gasteiger partial charge in [0.25, 0.3) is 0 Å². The van der Waals surface area contributed by atoms with Crippen molar-refractivity contribution in [2.75, 3.05) is 0 Å². The van der Waals surface area contributed by atoms with Gasteiger partial charge in [0.05, 0.1) is 0 Å². The molecule has 0 N–H and O–H groups in total. The van der Waals surface area contributed by atoms with Gasteiger partial charge in [-0.1, -0.05) is 44.9 Å². The highest BCUT2D eigenvalue weighted by molar-refractivity contribution is 8.00. The van der Waals surface area contributed by atoms with Crippen LogP contribution in [0.4, 0.5) is 0 Å². The highest BCUT2D eigenvalue weighted by Gasteiger charge is 2.21.